The molecule has 0 aliphatic heterocycles. The molecule has 3 N–H and O–H groups in total. The van der Waals surface area contributed by atoms with Gasteiger partial charge in [0.15, 0.2) is 0 Å². The number of hydrogen-bond acceptors (Lipinski definition) is 4. The average molecular weight is 246 g/mol. The minimum absolute atomic E-state index is 0.00648. The Bertz CT molecular complexity index is 234. The summed E-state index contributed by atoms with van der Waals surface area (Å²) in [6, 6.07) is -0.0986. The number of nitrogens with two attached hydrogens (primary N) is 1. The molecule has 1 atom stereocenters. The first-order chi connectivity index (χ1) is 7.86. The van der Waals surface area contributed by atoms with Gasteiger partial charge in [-0.05, 0) is 20.3 Å². The number of rotatable bonds is 7. The predicted molar refractivity (Wildman–Crippen MR) is 67.2 cm³/mol. The molecular weight excluding hydrogens is 220 g/mol. The lowest BCUT2D eigenvalue weighted by molar-refractivity contribution is 0.0226. The number of hydrogen-bond donors (Lipinski definition) is 2. The van der Waals surface area contributed by atoms with Gasteiger partial charge in [0.25, 0.3) is 0 Å². The van der Waals surface area contributed by atoms with Crippen LogP contribution in [0.3, 0.4) is 0 Å². The lowest BCUT2D eigenvalue weighted by Gasteiger charge is -2.28. The van der Waals surface area contributed by atoms with Gasteiger partial charge in [0, 0.05) is 11.5 Å². The van der Waals surface area contributed by atoms with E-state index in [0.717, 1.165) is 24.3 Å². The molecule has 102 valence electrons. The molecule has 0 rings (SSSR count). The van der Waals surface area contributed by atoms with E-state index in [-0.39, 0.29) is 24.7 Å². The molecule has 0 aromatic carbocycles. The highest BCUT2D eigenvalue weighted by Crippen LogP contribution is 2.24. The van der Waals surface area contributed by atoms with E-state index in [1.54, 1.807) is 0 Å². The molecular formula is C12H26N2O3. The number of hydrazine groups is 1. The number of amides is 1. The van der Waals surface area contributed by atoms with Crippen molar-refractivity contribution in [3.63, 3.8) is 0 Å². The molecule has 0 radical (unpaired) electrons. The maximum atomic E-state index is 11.5. The summed E-state index contributed by atoms with van der Waals surface area (Å²) in [5.41, 5.74) is -0.372. The number of aliphatic hydroxyl groups is 1. The summed E-state index contributed by atoms with van der Waals surface area (Å²) in [7, 11) is 0. The highest BCUT2D eigenvalue weighted by Gasteiger charge is 2.26. The molecule has 0 aliphatic carbocycles. The lowest BCUT2D eigenvalue weighted by atomic mass is 9.87. The van der Waals surface area contributed by atoms with Crippen molar-refractivity contribution in [2.75, 3.05) is 13.2 Å². The molecule has 0 saturated heterocycles. The lowest BCUT2D eigenvalue weighted by Crippen LogP contribution is -2.44. The van der Waals surface area contributed by atoms with E-state index >= 15 is 0 Å². The average Bonchev–Trinajstić information content (AvgIpc) is 2.32. The molecule has 0 spiro atoms. The number of carbonyl (C=O) groups excluding carboxylic acids is 1. The van der Waals surface area contributed by atoms with Crippen molar-refractivity contribution in [3.05, 3.63) is 0 Å². The second-order valence-corrected chi connectivity index (χ2v) is 5.13. The fourth-order valence-electron chi connectivity index (χ4n) is 1.32. The minimum Gasteiger partial charge on any atom is -0.448 e. The Labute approximate surface area is 104 Å². The highest BCUT2D eigenvalue weighted by atomic mass is 16.6. The number of ether oxygens (including phenoxy) is 1. The number of aliphatic hydroxyl groups excluding tert-OH is 1. The quantitative estimate of drug-likeness (QED) is 0.408. The Morgan fingerprint density at radius 1 is 1.53 bits per heavy atom. The van der Waals surface area contributed by atoms with Crippen LogP contribution in [0.2, 0.25) is 0 Å². The molecule has 1 unspecified atom stereocenters. The van der Waals surface area contributed by atoms with Gasteiger partial charge in [-0.15, -0.1) is 0 Å². The van der Waals surface area contributed by atoms with Crippen LogP contribution in [-0.4, -0.2) is 35.5 Å². The van der Waals surface area contributed by atoms with Gasteiger partial charge in [-0.25, -0.2) is 15.6 Å². The van der Waals surface area contributed by atoms with Gasteiger partial charge in [0.05, 0.1) is 6.61 Å². The summed E-state index contributed by atoms with van der Waals surface area (Å²) < 4.78 is 5.12. The maximum Gasteiger partial charge on any atom is 0.424 e. The van der Waals surface area contributed by atoms with Crippen LogP contribution in [0.1, 0.15) is 47.0 Å². The van der Waals surface area contributed by atoms with E-state index in [4.69, 9.17) is 10.6 Å². The summed E-state index contributed by atoms with van der Waals surface area (Å²) in [4.78, 5) is 11.5. The third-order valence-corrected chi connectivity index (χ3v) is 2.83. The van der Waals surface area contributed by atoms with Gasteiger partial charge in [-0.3, -0.25) is 0 Å². The van der Waals surface area contributed by atoms with Gasteiger partial charge >= 0.3 is 6.09 Å². The number of carbonyl (C=O) groups is 1. The SMILES string of the molecule is CCCCC(C)(CO)COC(=O)N(N)C(C)C. The van der Waals surface area contributed by atoms with Crippen molar-refractivity contribution >= 4 is 6.09 Å². The fourth-order valence-corrected chi connectivity index (χ4v) is 1.32. The Morgan fingerprint density at radius 2 is 2.12 bits per heavy atom. The topological polar surface area (TPSA) is 75.8 Å². The van der Waals surface area contributed by atoms with Gasteiger partial charge in [-0.2, -0.15) is 0 Å². The smallest absolute Gasteiger partial charge is 0.424 e. The molecule has 0 saturated carbocycles. The van der Waals surface area contributed by atoms with Gasteiger partial charge in [0.1, 0.15) is 6.61 Å². The van der Waals surface area contributed by atoms with Crippen molar-refractivity contribution < 1.29 is 14.6 Å². The van der Waals surface area contributed by atoms with Gasteiger partial charge < -0.3 is 9.84 Å². The summed E-state index contributed by atoms with van der Waals surface area (Å²) in [5.74, 6) is 5.53. The first-order valence-electron chi connectivity index (χ1n) is 6.18. The van der Waals surface area contributed by atoms with E-state index < -0.39 is 6.09 Å². The van der Waals surface area contributed by atoms with Crippen LogP contribution in [0, 0.1) is 5.41 Å². The van der Waals surface area contributed by atoms with Gasteiger partial charge in [0.2, 0.25) is 0 Å². The second-order valence-electron chi connectivity index (χ2n) is 5.13. The molecule has 5 heteroatoms. The first-order valence-corrected chi connectivity index (χ1v) is 6.18. The van der Waals surface area contributed by atoms with Crippen LogP contribution in [0.25, 0.3) is 0 Å². The summed E-state index contributed by atoms with van der Waals surface area (Å²) in [6.45, 7) is 7.82. The summed E-state index contributed by atoms with van der Waals surface area (Å²) in [5, 5.41) is 10.4. The molecule has 0 aromatic rings. The molecule has 0 heterocycles. The monoisotopic (exact) mass is 246 g/mol. The predicted octanol–water partition coefficient (Wildman–Crippen LogP) is 1.90. The zero-order chi connectivity index (χ0) is 13.5. The van der Waals surface area contributed by atoms with Crippen molar-refractivity contribution in [1.29, 1.82) is 0 Å². The van der Waals surface area contributed by atoms with Crippen LogP contribution in [0.15, 0.2) is 0 Å². The molecule has 0 aliphatic rings. The molecule has 0 aromatic heterocycles. The second kappa shape index (κ2) is 7.50. The van der Waals surface area contributed by atoms with Crippen molar-refractivity contribution in [1.82, 2.24) is 5.01 Å². The number of nitrogens with zero attached hydrogens (tertiary/aromatic N) is 1. The summed E-state index contributed by atoms with van der Waals surface area (Å²) in [6.07, 6.45) is 2.35. The third kappa shape index (κ3) is 5.89. The van der Waals surface area contributed by atoms with E-state index in [9.17, 15) is 9.90 Å². The van der Waals surface area contributed by atoms with E-state index in [0.29, 0.717) is 0 Å². The van der Waals surface area contributed by atoms with Crippen molar-refractivity contribution in [2.24, 2.45) is 11.3 Å². The van der Waals surface area contributed by atoms with E-state index in [1.165, 1.54) is 0 Å². The largest absolute Gasteiger partial charge is 0.448 e. The Kier molecular flexibility index (Phi) is 7.15. The normalized spacial score (nSPS) is 14.5. The standard InChI is InChI=1S/C12H26N2O3/c1-5-6-7-12(4,8-15)9-17-11(16)14(13)10(2)3/h10,15H,5-9,13H2,1-4H3. The molecule has 17 heavy (non-hydrogen) atoms. The number of unbranched alkanes of at least 4 members (excludes halogenated alkanes) is 1. The first kappa shape index (κ1) is 16.2. The van der Waals surface area contributed by atoms with Crippen LogP contribution in [-0.2, 0) is 4.74 Å². The van der Waals surface area contributed by atoms with Crippen molar-refractivity contribution in [3.8, 4) is 0 Å². The molecule has 0 fully saturated rings. The van der Waals surface area contributed by atoms with Gasteiger partial charge in [-0.1, -0.05) is 26.7 Å². The van der Waals surface area contributed by atoms with Crippen LogP contribution < -0.4 is 5.84 Å². The van der Waals surface area contributed by atoms with E-state index in [2.05, 4.69) is 6.92 Å². The Morgan fingerprint density at radius 3 is 2.53 bits per heavy atom. The van der Waals surface area contributed by atoms with Crippen LogP contribution in [0.4, 0.5) is 4.79 Å². The minimum atomic E-state index is -0.545. The van der Waals surface area contributed by atoms with Crippen LogP contribution in [0.5, 0.6) is 0 Å². The van der Waals surface area contributed by atoms with E-state index in [1.807, 2.05) is 20.8 Å². The maximum absolute atomic E-state index is 11.5. The fraction of sp³-hybridized carbons (Fsp3) is 0.917. The Hall–Kier alpha value is -0.810. The highest BCUT2D eigenvalue weighted by molar-refractivity contribution is 5.67. The van der Waals surface area contributed by atoms with Crippen LogP contribution >= 0.6 is 0 Å². The third-order valence-electron chi connectivity index (χ3n) is 2.83. The molecule has 5 nitrogen and oxygen atoms in total. The molecule has 1 amide bonds. The zero-order valence-electron chi connectivity index (χ0n) is 11.4. The Balaban J connectivity index is 4.18. The molecule has 0 bridgehead atoms. The van der Waals surface area contributed by atoms with Crippen molar-refractivity contribution in [2.45, 2.75) is 53.0 Å². The zero-order valence-corrected chi connectivity index (χ0v) is 11.4. The summed E-state index contributed by atoms with van der Waals surface area (Å²) >= 11 is 0.